The van der Waals surface area contributed by atoms with Gasteiger partial charge >= 0.3 is 0 Å². The molecule has 0 radical (unpaired) electrons. The molecule has 0 bridgehead atoms. The molecule has 1 N–H and O–H groups in total. The van der Waals surface area contributed by atoms with Crippen molar-refractivity contribution in [2.45, 2.75) is 26.7 Å². The van der Waals surface area contributed by atoms with E-state index in [1.165, 1.54) is 18.6 Å². The SMILES string of the molecule is CCCCSNCC.Cl. The molecule has 0 aliphatic rings. The van der Waals surface area contributed by atoms with Crippen LogP contribution in [0.4, 0.5) is 0 Å². The maximum Gasteiger partial charge on any atom is 0.00785 e. The van der Waals surface area contributed by atoms with Crippen LogP contribution in [0.15, 0.2) is 0 Å². The van der Waals surface area contributed by atoms with E-state index in [4.69, 9.17) is 0 Å². The topological polar surface area (TPSA) is 12.0 Å². The molecule has 0 aromatic rings. The molecule has 0 unspecified atom stereocenters. The van der Waals surface area contributed by atoms with Crippen LogP contribution in [-0.4, -0.2) is 12.3 Å². The van der Waals surface area contributed by atoms with E-state index in [-0.39, 0.29) is 12.4 Å². The van der Waals surface area contributed by atoms with Crippen LogP contribution < -0.4 is 4.72 Å². The Morgan fingerprint density at radius 3 is 2.44 bits per heavy atom. The van der Waals surface area contributed by atoms with Crippen LogP contribution in [0.1, 0.15) is 26.7 Å². The Morgan fingerprint density at radius 2 is 2.00 bits per heavy atom. The fourth-order valence-corrected chi connectivity index (χ4v) is 1.17. The molecule has 0 rings (SSSR count). The standard InChI is InChI=1S/C6H15NS.ClH/c1-3-5-6-8-7-4-2;/h7H,3-6H2,1-2H3;1H. The molecule has 3 heteroatoms. The molecular weight excluding hydrogens is 154 g/mol. The molecule has 0 saturated heterocycles. The van der Waals surface area contributed by atoms with Crippen molar-refractivity contribution in [2.24, 2.45) is 0 Å². The summed E-state index contributed by atoms with van der Waals surface area (Å²) in [6.07, 6.45) is 2.63. The van der Waals surface area contributed by atoms with Crippen LogP contribution in [0.5, 0.6) is 0 Å². The van der Waals surface area contributed by atoms with Gasteiger partial charge in [0.05, 0.1) is 0 Å². The second-order valence-electron chi connectivity index (χ2n) is 1.70. The zero-order valence-corrected chi connectivity index (χ0v) is 7.78. The van der Waals surface area contributed by atoms with E-state index in [9.17, 15) is 0 Å². The predicted octanol–water partition coefficient (Wildman–Crippen LogP) is 2.47. The minimum atomic E-state index is 0. The van der Waals surface area contributed by atoms with Crippen molar-refractivity contribution < 1.29 is 0 Å². The van der Waals surface area contributed by atoms with Crippen LogP contribution in [0.3, 0.4) is 0 Å². The van der Waals surface area contributed by atoms with Crippen LogP contribution in [0, 0.1) is 0 Å². The van der Waals surface area contributed by atoms with Crippen molar-refractivity contribution in [3.63, 3.8) is 0 Å². The summed E-state index contributed by atoms with van der Waals surface area (Å²) < 4.78 is 3.20. The van der Waals surface area contributed by atoms with E-state index in [2.05, 4.69) is 18.6 Å². The van der Waals surface area contributed by atoms with Gasteiger partial charge in [0.1, 0.15) is 0 Å². The van der Waals surface area contributed by atoms with E-state index < -0.39 is 0 Å². The van der Waals surface area contributed by atoms with Crippen molar-refractivity contribution in [3.05, 3.63) is 0 Å². The van der Waals surface area contributed by atoms with Crippen molar-refractivity contribution in [2.75, 3.05) is 12.3 Å². The number of nitrogens with one attached hydrogen (secondary N) is 1. The second kappa shape index (κ2) is 11.4. The number of hydrogen-bond donors (Lipinski definition) is 1. The molecule has 58 valence electrons. The van der Waals surface area contributed by atoms with Crippen LogP contribution in [0.2, 0.25) is 0 Å². The summed E-state index contributed by atoms with van der Waals surface area (Å²) in [7, 11) is 0. The van der Waals surface area contributed by atoms with Crippen molar-refractivity contribution in [3.8, 4) is 0 Å². The van der Waals surface area contributed by atoms with Crippen molar-refractivity contribution in [1.29, 1.82) is 0 Å². The van der Waals surface area contributed by atoms with E-state index in [1.54, 1.807) is 0 Å². The number of rotatable bonds is 5. The van der Waals surface area contributed by atoms with Gasteiger partial charge in [-0.25, -0.2) is 0 Å². The zero-order chi connectivity index (χ0) is 6.24. The third-order valence-electron chi connectivity index (χ3n) is 0.846. The zero-order valence-electron chi connectivity index (χ0n) is 6.14. The minimum absolute atomic E-state index is 0. The van der Waals surface area contributed by atoms with E-state index in [0.29, 0.717) is 0 Å². The number of hydrogen-bond acceptors (Lipinski definition) is 2. The predicted molar refractivity (Wildman–Crippen MR) is 48.3 cm³/mol. The normalized spacial score (nSPS) is 8.67. The third kappa shape index (κ3) is 11.9. The first-order chi connectivity index (χ1) is 3.91. The second-order valence-corrected chi connectivity index (χ2v) is 2.69. The maximum atomic E-state index is 3.20. The van der Waals surface area contributed by atoms with Gasteiger partial charge in [-0.15, -0.1) is 12.4 Å². The molecule has 0 spiro atoms. The highest BCUT2D eigenvalue weighted by atomic mass is 35.5. The van der Waals surface area contributed by atoms with Gasteiger partial charge in [0.25, 0.3) is 0 Å². The van der Waals surface area contributed by atoms with Crippen LogP contribution in [-0.2, 0) is 0 Å². The lowest BCUT2D eigenvalue weighted by molar-refractivity contribution is 0.890. The molecule has 0 saturated carbocycles. The Balaban J connectivity index is 0. The summed E-state index contributed by atoms with van der Waals surface area (Å²) in [5, 5.41) is 0. The molecule has 0 heterocycles. The molecule has 9 heavy (non-hydrogen) atoms. The summed E-state index contributed by atoms with van der Waals surface area (Å²) in [4.78, 5) is 0. The first kappa shape index (κ1) is 12.3. The van der Waals surface area contributed by atoms with Gasteiger partial charge in [-0.1, -0.05) is 32.2 Å². The molecule has 0 aliphatic carbocycles. The van der Waals surface area contributed by atoms with E-state index in [1.807, 2.05) is 11.9 Å². The Bertz CT molecular complexity index is 38.0. The summed E-state index contributed by atoms with van der Waals surface area (Å²) in [5.74, 6) is 1.25. The highest BCUT2D eigenvalue weighted by Crippen LogP contribution is 1.97. The number of halogens is 1. The summed E-state index contributed by atoms with van der Waals surface area (Å²) in [6, 6.07) is 0. The van der Waals surface area contributed by atoms with Gasteiger partial charge in [0.2, 0.25) is 0 Å². The average molecular weight is 170 g/mol. The van der Waals surface area contributed by atoms with Gasteiger partial charge in [0, 0.05) is 12.3 Å². The van der Waals surface area contributed by atoms with Crippen molar-refractivity contribution >= 4 is 24.4 Å². The quantitative estimate of drug-likeness (QED) is 0.502. The first-order valence-electron chi connectivity index (χ1n) is 3.26. The van der Waals surface area contributed by atoms with Gasteiger partial charge in [-0.05, 0) is 6.42 Å². The van der Waals surface area contributed by atoms with Crippen LogP contribution >= 0.6 is 24.4 Å². The summed E-state index contributed by atoms with van der Waals surface area (Å²) >= 11 is 1.83. The molecule has 0 aliphatic heterocycles. The Labute approximate surface area is 68.5 Å². The van der Waals surface area contributed by atoms with Crippen molar-refractivity contribution in [1.82, 2.24) is 4.72 Å². The molecule has 0 amide bonds. The number of unbranched alkanes of at least 4 members (excludes halogenated alkanes) is 1. The fourth-order valence-electron chi connectivity index (χ4n) is 0.391. The molecule has 0 atom stereocenters. The van der Waals surface area contributed by atoms with Crippen LogP contribution in [0.25, 0.3) is 0 Å². The Kier molecular flexibility index (Phi) is 15.6. The lowest BCUT2D eigenvalue weighted by atomic mass is 10.4. The smallest absolute Gasteiger partial charge is 0.00785 e. The molecular formula is C6H16ClNS. The van der Waals surface area contributed by atoms with Gasteiger partial charge in [-0.3, -0.25) is 4.72 Å². The Morgan fingerprint density at radius 1 is 1.33 bits per heavy atom. The summed E-state index contributed by atoms with van der Waals surface area (Å²) in [6.45, 7) is 5.42. The van der Waals surface area contributed by atoms with Gasteiger partial charge < -0.3 is 0 Å². The molecule has 1 nitrogen and oxygen atoms in total. The lowest BCUT2D eigenvalue weighted by Gasteiger charge is -1.96. The average Bonchev–Trinajstić information content (AvgIpc) is 1.81. The lowest BCUT2D eigenvalue weighted by Crippen LogP contribution is -2.01. The molecule has 0 fully saturated rings. The first-order valence-corrected chi connectivity index (χ1v) is 4.25. The largest absolute Gasteiger partial charge is 0.264 e. The Hall–Kier alpha value is 0.600. The van der Waals surface area contributed by atoms with Gasteiger partial charge in [0.15, 0.2) is 0 Å². The summed E-state index contributed by atoms with van der Waals surface area (Å²) in [5.41, 5.74) is 0. The van der Waals surface area contributed by atoms with E-state index in [0.717, 1.165) is 6.54 Å². The highest BCUT2D eigenvalue weighted by molar-refractivity contribution is 7.97. The maximum absolute atomic E-state index is 3.20. The minimum Gasteiger partial charge on any atom is -0.264 e. The molecule has 0 aromatic carbocycles. The van der Waals surface area contributed by atoms with E-state index >= 15 is 0 Å². The molecule has 0 aromatic heterocycles. The third-order valence-corrected chi connectivity index (χ3v) is 1.83. The monoisotopic (exact) mass is 169 g/mol. The highest BCUT2D eigenvalue weighted by Gasteiger charge is 1.81. The van der Waals surface area contributed by atoms with Gasteiger partial charge in [-0.2, -0.15) is 0 Å². The fraction of sp³-hybridized carbons (Fsp3) is 1.00.